The molecule has 0 fully saturated rings. The number of nitrogens with one attached hydrogen (secondary N) is 1. The Morgan fingerprint density at radius 3 is 2.69 bits per heavy atom. The normalized spacial score (nSPS) is 11.1. The van der Waals surface area contributed by atoms with Crippen molar-refractivity contribution in [3.05, 3.63) is 84.6 Å². The maximum absolute atomic E-state index is 13.1. The number of carbonyl (C=O) groups is 1. The Kier molecular flexibility index (Phi) is 3.98. The summed E-state index contributed by atoms with van der Waals surface area (Å²) in [5, 5.41) is 7.49. The lowest BCUT2D eigenvalue weighted by molar-refractivity contribution is 0.101. The summed E-state index contributed by atoms with van der Waals surface area (Å²) in [7, 11) is 0. The number of hydrogen-bond acceptors (Lipinski definition) is 5. The van der Waals surface area contributed by atoms with Gasteiger partial charge < -0.3 is 14.2 Å². The summed E-state index contributed by atoms with van der Waals surface area (Å²) < 4.78 is 12.5. The molecule has 3 heterocycles. The number of oxazole rings is 1. The van der Waals surface area contributed by atoms with Crippen LogP contribution < -0.4 is 5.32 Å². The fraction of sp³-hybridized carbons (Fsp3) is 0.0455. The number of amides is 1. The van der Waals surface area contributed by atoms with Gasteiger partial charge in [0.05, 0.1) is 12.0 Å². The molecule has 0 spiro atoms. The van der Waals surface area contributed by atoms with Crippen molar-refractivity contribution in [2.75, 3.05) is 5.32 Å². The Morgan fingerprint density at radius 2 is 1.90 bits per heavy atom. The third-order valence-corrected chi connectivity index (χ3v) is 4.47. The fourth-order valence-electron chi connectivity index (χ4n) is 3.17. The van der Waals surface area contributed by atoms with E-state index in [0.717, 1.165) is 5.69 Å². The second-order valence-electron chi connectivity index (χ2n) is 6.51. The molecule has 29 heavy (non-hydrogen) atoms. The molecule has 7 heteroatoms. The quantitative estimate of drug-likeness (QED) is 0.479. The molecule has 7 nitrogen and oxygen atoms in total. The van der Waals surface area contributed by atoms with Gasteiger partial charge in [-0.25, -0.2) is 9.67 Å². The number of furan rings is 1. The van der Waals surface area contributed by atoms with Gasteiger partial charge in [-0.3, -0.25) is 4.79 Å². The summed E-state index contributed by atoms with van der Waals surface area (Å²) in [4.78, 5) is 17.4. The smallest absolute Gasteiger partial charge is 0.274 e. The Bertz CT molecular complexity index is 1300. The van der Waals surface area contributed by atoms with E-state index in [4.69, 9.17) is 8.83 Å². The third kappa shape index (κ3) is 3.19. The molecule has 0 saturated carbocycles. The van der Waals surface area contributed by atoms with Gasteiger partial charge in [-0.15, -0.1) is 0 Å². The molecule has 0 atom stereocenters. The Balaban J connectivity index is 1.53. The van der Waals surface area contributed by atoms with Crippen LogP contribution in [0.1, 0.15) is 16.4 Å². The standard InChI is InChI=1S/C22H16N4O3/c1-14-23-17-12-15(9-10-21(17)29-14)24-22(27)19-13-18(20-8-5-11-28-20)25-26(19)16-6-3-2-4-7-16/h2-13H,1H3,(H,24,27). The van der Waals surface area contributed by atoms with Gasteiger partial charge in [0.2, 0.25) is 0 Å². The zero-order chi connectivity index (χ0) is 19.8. The Hall–Kier alpha value is -4.13. The summed E-state index contributed by atoms with van der Waals surface area (Å²) in [5.74, 6) is 0.876. The number of hydrogen-bond donors (Lipinski definition) is 1. The Labute approximate surface area is 165 Å². The van der Waals surface area contributed by atoms with Crippen molar-refractivity contribution in [3.8, 4) is 17.1 Å². The minimum absolute atomic E-state index is 0.293. The van der Waals surface area contributed by atoms with Crippen molar-refractivity contribution < 1.29 is 13.6 Å². The second kappa shape index (κ2) is 6.79. The highest BCUT2D eigenvalue weighted by molar-refractivity contribution is 6.04. The molecule has 1 amide bonds. The molecular weight excluding hydrogens is 368 g/mol. The highest BCUT2D eigenvalue weighted by Crippen LogP contribution is 2.24. The fourth-order valence-corrected chi connectivity index (χ4v) is 3.17. The average molecular weight is 384 g/mol. The number of nitrogens with zero attached hydrogens (tertiary/aromatic N) is 3. The minimum atomic E-state index is -0.293. The highest BCUT2D eigenvalue weighted by atomic mass is 16.3. The monoisotopic (exact) mass is 384 g/mol. The van der Waals surface area contributed by atoms with Crippen LogP contribution in [0.5, 0.6) is 0 Å². The lowest BCUT2D eigenvalue weighted by Gasteiger charge is -2.08. The number of aryl methyl sites for hydroxylation is 1. The third-order valence-electron chi connectivity index (χ3n) is 4.47. The van der Waals surface area contributed by atoms with E-state index in [-0.39, 0.29) is 5.91 Å². The van der Waals surface area contributed by atoms with Gasteiger partial charge in [0.25, 0.3) is 5.91 Å². The zero-order valence-electron chi connectivity index (χ0n) is 15.5. The van der Waals surface area contributed by atoms with Gasteiger partial charge in [0.15, 0.2) is 17.2 Å². The molecule has 142 valence electrons. The number of aromatic nitrogens is 3. The van der Waals surface area contributed by atoms with Crippen molar-refractivity contribution in [3.63, 3.8) is 0 Å². The van der Waals surface area contributed by atoms with Gasteiger partial charge in [0.1, 0.15) is 16.9 Å². The molecule has 0 aliphatic heterocycles. The van der Waals surface area contributed by atoms with Gasteiger partial charge in [-0.1, -0.05) is 18.2 Å². The maximum atomic E-state index is 13.1. The van der Waals surface area contributed by atoms with Gasteiger partial charge in [-0.2, -0.15) is 5.10 Å². The first-order valence-electron chi connectivity index (χ1n) is 9.05. The lowest BCUT2D eigenvalue weighted by Crippen LogP contribution is -2.16. The number of rotatable bonds is 4. The van der Waals surface area contributed by atoms with Crippen LogP contribution in [0.25, 0.3) is 28.2 Å². The van der Waals surface area contributed by atoms with Crippen LogP contribution in [0.15, 0.2) is 81.8 Å². The van der Waals surface area contributed by atoms with E-state index >= 15 is 0 Å². The number of carbonyl (C=O) groups excluding carboxylic acids is 1. The van der Waals surface area contributed by atoms with Crippen LogP contribution in [-0.4, -0.2) is 20.7 Å². The predicted molar refractivity (Wildman–Crippen MR) is 108 cm³/mol. The molecule has 1 N–H and O–H groups in total. The van der Waals surface area contributed by atoms with Crippen molar-refractivity contribution in [2.45, 2.75) is 6.92 Å². The first-order valence-corrected chi connectivity index (χ1v) is 9.05. The van der Waals surface area contributed by atoms with Crippen LogP contribution in [0.2, 0.25) is 0 Å². The first-order chi connectivity index (χ1) is 14.2. The van der Waals surface area contributed by atoms with Crippen LogP contribution in [-0.2, 0) is 0 Å². The molecule has 0 saturated heterocycles. The topological polar surface area (TPSA) is 86.1 Å². The molecule has 0 unspecified atom stereocenters. The largest absolute Gasteiger partial charge is 0.463 e. The van der Waals surface area contributed by atoms with Crippen molar-refractivity contribution in [2.24, 2.45) is 0 Å². The average Bonchev–Trinajstić information content (AvgIpc) is 3.46. The van der Waals surface area contributed by atoms with E-state index < -0.39 is 0 Å². The molecular formula is C22H16N4O3. The van der Waals surface area contributed by atoms with Crippen LogP contribution in [0, 0.1) is 6.92 Å². The van der Waals surface area contributed by atoms with E-state index in [1.54, 1.807) is 54.3 Å². The molecule has 3 aromatic heterocycles. The van der Waals surface area contributed by atoms with Crippen LogP contribution >= 0.6 is 0 Å². The van der Waals surface area contributed by atoms with Gasteiger partial charge >= 0.3 is 0 Å². The molecule has 5 rings (SSSR count). The summed E-state index contributed by atoms with van der Waals surface area (Å²) in [6, 6.07) is 20.1. The second-order valence-corrected chi connectivity index (χ2v) is 6.51. The van der Waals surface area contributed by atoms with E-state index in [2.05, 4.69) is 15.4 Å². The molecule has 0 aliphatic rings. The summed E-state index contributed by atoms with van der Waals surface area (Å²) >= 11 is 0. The summed E-state index contributed by atoms with van der Waals surface area (Å²) in [5.41, 5.74) is 3.72. The zero-order valence-corrected chi connectivity index (χ0v) is 15.5. The first kappa shape index (κ1) is 17.0. The van der Waals surface area contributed by atoms with E-state index in [9.17, 15) is 4.79 Å². The van der Waals surface area contributed by atoms with Crippen LogP contribution in [0.4, 0.5) is 5.69 Å². The van der Waals surface area contributed by atoms with Gasteiger partial charge in [0, 0.05) is 18.7 Å². The minimum Gasteiger partial charge on any atom is -0.463 e. The lowest BCUT2D eigenvalue weighted by atomic mass is 10.2. The Morgan fingerprint density at radius 1 is 1.03 bits per heavy atom. The summed E-state index contributed by atoms with van der Waals surface area (Å²) in [6.45, 7) is 1.78. The molecule has 5 aromatic rings. The highest BCUT2D eigenvalue weighted by Gasteiger charge is 2.19. The van der Waals surface area contributed by atoms with Gasteiger partial charge in [-0.05, 0) is 42.5 Å². The van der Waals surface area contributed by atoms with E-state index in [1.807, 2.05) is 30.3 Å². The molecule has 2 aromatic carbocycles. The van der Waals surface area contributed by atoms with Crippen LogP contribution in [0.3, 0.4) is 0 Å². The van der Waals surface area contributed by atoms with Crippen molar-refractivity contribution in [1.29, 1.82) is 0 Å². The maximum Gasteiger partial charge on any atom is 0.274 e. The van der Waals surface area contributed by atoms with Crippen molar-refractivity contribution in [1.82, 2.24) is 14.8 Å². The molecule has 0 bridgehead atoms. The van der Waals surface area contributed by atoms with E-state index in [0.29, 0.717) is 39.8 Å². The van der Waals surface area contributed by atoms with E-state index in [1.165, 1.54) is 0 Å². The SMILES string of the molecule is Cc1nc2cc(NC(=O)c3cc(-c4ccco4)nn3-c3ccccc3)ccc2o1. The van der Waals surface area contributed by atoms with Crippen molar-refractivity contribution >= 4 is 22.7 Å². The number of para-hydroxylation sites is 1. The number of anilines is 1. The number of benzene rings is 2. The summed E-state index contributed by atoms with van der Waals surface area (Å²) in [6.07, 6.45) is 1.58. The number of fused-ring (bicyclic) bond motifs is 1. The molecule has 0 aliphatic carbocycles. The predicted octanol–water partition coefficient (Wildman–Crippen LogP) is 4.83. The molecule has 0 radical (unpaired) electrons.